The Morgan fingerprint density at radius 3 is 2.58 bits per heavy atom. The van der Waals surface area contributed by atoms with Crippen LogP contribution in [0.1, 0.15) is 81.8 Å². The van der Waals surface area contributed by atoms with Crippen LogP contribution in [0.2, 0.25) is 0 Å². The van der Waals surface area contributed by atoms with E-state index in [1.807, 2.05) is 0 Å². The molecule has 2 aliphatic carbocycles. The third kappa shape index (κ3) is 2.71. The van der Waals surface area contributed by atoms with Crippen molar-refractivity contribution in [3.63, 3.8) is 0 Å². The fraction of sp³-hybridized carbons (Fsp3) is 0.692. The zero-order valence-corrected chi connectivity index (χ0v) is 20.1. The molecule has 180 valence electrons. The molecular weight excluding hydrogens is 422 g/mol. The molecular formula is C26H35NO6. The number of ether oxygens (including phenoxy) is 1. The average molecular weight is 458 g/mol. The molecule has 0 radical (unpaired) electrons. The van der Waals surface area contributed by atoms with Crippen molar-refractivity contribution in [1.82, 2.24) is 4.90 Å². The Balaban J connectivity index is 1.60. The van der Waals surface area contributed by atoms with E-state index in [1.165, 1.54) is 17.9 Å². The first-order valence-corrected chi connectivity index (χ1v) is 12.1. The Bertz CT molecular complexity index is 1050. The number of fused-ring (bicyclic) bond motifs is 5. The summed E-state index contributed by atoms with van der Waals surface area (Å²) in [6, 6.07) is 0.532. The summed E-state index contributed by atoms with van der Waals surface area (Å²) < 4.78 is 6.94. The lowest BCUT2D eigenvalue weighted by Crippen LogP contribution is -2.66. The number of hydrogen-bond acceptors (Lipinski definition) is 5. The number of aliphatic hydroxyl groups excluding tert-OH is 1. The molecule has 3 N–H and O–H groups in total. The average Bonchev–Trinajstić information content (AvgIpc) is 3.30. The minimum atomic E-state index is -1.06. The fourth-order valence-electron chi connectivity index (χ4n) is 7.74. The molecule has 7 nitrogen and oxygen atoms in total. The van der Waals surface area contributed by atoms with Crippen LogP contribution in [0.4, 0.5) is 0 Å². The van der Waals surface area contributed by atoms with Gasteiger partial charge >= 0.3 is 5.97 Å². The molecule has 0 aromatic heterocycles. The number of aromatic hydroxyl groups is 1. The molecule has 7 heteroatoms. The Labute approximate surface area is 194 Å². The molecule has 2 saturated carbocycles. The van der Waals surface area contributed by atoms with Gasteiger partial charge in [-0.25, -0.2) is 4.79 Å². The number of hydrogen-bond donors (Lipinski definition) is 3. The van der Waals surface area contributed by atoms with Gasteiger partial charge in [-0.3, -0.25) is 4.79 Å². The highest BCUT2D eigenvalue weighted by atomic mass is 16.5. The molecule has 2 aliphatic heterocycles. The molecule has 0 bridgehead atoms. The summed E-state index contributed by atoms with van der Waals surface area (Å²) in [4.78, 5) is 25.9. The standard InChI is InChI=1S/C26H35NO6/c1-13-6-7-19-24(3,4)20(29)8-9-25(19,5)26(13)11-16-18(28)10-15-17(21(16)33-26)12-27(22(15)30)14(2)23(31)32/h10,13-14,19-20,28-29H,6-9,11-12H2,1-5H3,(H,31,32)/t13-,14+,19-,20-,25+,26-/m1/s1. The quantitative estimate of drug-likeness (QED) is 0.625. The summed E-state index contributed by atoms with van der Waals surface area (Å²) in [5, 5.41) is 31.2. The van der Waals surface area contributed by atoms with Gasteiger partial charge in [0.05, 0.1) is 18.2 Å². The number of phenols is 1. The molecule has 2 heterocycles. The van der Waals surface area contributed by atoms with Crippen LogP contribution in [0.15, 0.2) is 6.07 Å². The predicted octanol–water partition coefficient (Wildman–Crippen LogP) is 3.73. The van der Waals surface area contributed by atoms with Gasteiger partial charge in [0.15, 0.2) is 0 Å². The van der Waals surface area contributed by atoms with Crippen LogP contribution >= 0.6 is 0 Å². The van der Waals surface area contributed by atoms with Crippen LogP contribution in [0.5, 0.6) is 11.5 Å². The first kappa shape index (κ1) is 22.5. The molecule has 33 heavy (non-hydrogen) atoms. The molecule has 2 fully saturated rings. The van der Waals surface area contributed by atoms with Gasteiger partial charge in [-0.2, -0.15) is 0 Å². The number of carboxylic acid groups (broad SMARTS) is 1. The Morgan fingerprint density at radius 1 is 1.21 bits per heavy atom. The monoisotopic (exact) mass is 457 g/mol. The van der Waals surface area contributed by atoms with E-state index in [9.17, 15) is 24.9 Å². The number of amides is 1. The van der Waals surface area contributed by atoms with Gasteiger partial charge in [-0.1, -0.05) is 27.7 Å². The number of benzene rings is 1. The highest BCUT2D eigenvalue weighted by Gasteiger charge is 2.67. The van der Waals surface area contributed by atoms with E-state index in [1.54, 1.807) is 0 Å². The van der Waals surface area contributed by atoms with Gasteiger partial charge in [0.25, 0.3) is 5.91 Å². The van der Waals surface area contributed by atoms with Crippen LogP contribution in [-0.4, -0.2) is 49.8 Å². The Kier molecular flexibility index (Phi) is 4.69. The Hall–Kier alpha value is -2.28. The maximum atomic E-state index is 13.0. The lowest BCUT2D eigenvalue weighted by Gasteiger charge is -2.64. The van der Waals surface area contributed by atoms with Crippen LogP contribution < -0.4 is 4.74 Å². The van der Waals surface area contributed by atoms with Crippen molar-refractivity contribution in [2.45, 2.75) is 91.0 Å². The van der Waals surface area contributed by atoms with Crippen LogP contribution in [0, 0.1) is 22.7 Å². The highest BCUT2D eigenvalue weighted by Crippen LogP contribution is 2.67. The lowest BCUT2D eigenvalue weighted by atomic mass is 9.43. The van der Waals surface area contributed by atoms with E-state index in [-0.39, 0.29) is 47.0 Å². The molecule has 1 amide bonds. The van der Waals surface area contributed by atoms with E-state index in [0.717, 1.165) is 24.8 Å². The van der Waals surface area contributed by atoms with Crippen molar-refractivity contribution in [2.24, 2.45) is 22.7 Å². The topological polar surface area (TPSA) is 107 Å². The summed E-state index contributed by atoms with van der Waals surface area (Å²) in [5.41, 5.74) is 0.752. The smallest absolute Gasteiger partial charge is 0.326 e. The molecule has 0 unspecified atom stereocenters. The van der Waals surface area contributed by atoms with Gasteiger partial charge in [-0.05, 0) is 55.9 Å². The van der Waals surface area contributed by atoms with E-state index in [4.69, 9.17) is 4.74 Å². The second kappa shape index (κ2) is 6.87. The number of carboxylic acids is 1. The molecule has 1 aromatic carbocycles. The predicted molar refractivity (Wildman–Crippen MR) is 121 cm³/mol. The minimum absolute atomic E-state index is 0.0480. The molecule has 1 spiro atoms. The summed E-state index contributed by atoms with van der Waals surface area (Å²) in [6.45, 7) is 10.5. The summed E-state index contributed by atoms with van der Waals surface area (Å²) in [5.74, 6) is -0.333. The number of carbonyl (C=O) groups is 2. The van der Waals surface area contributed by atoms with Crippen molar-refractivity contribution in [3.05, 3.63) is 22.8 Å². The zero-order valence-electron chi connectivity index (χ0n) is 20.1. The molecule has 5 rings (SSSR count). The van der Waals surface area contributed by atoms with Crippen LogP contribution in [-0.2, 0) is 17.8 Å². The minimum Gasteiger partial charge on any atom is -0.508 e. The van der Waals surface area contributed by atoms with Crippen molar-refractivity contribution in [2.75, 3.05) is 0 Å². The second-order valence-corrected chi connectivity index (χ2v) is 11.7. The Morgan fingerprint density at radius 2 is 1.91 bits per heavy atom. The van der Waals surface area contributed by atoms with E-state index < -0.39 is 17.6 Å². The second-order valence-electron chi connectivity index (χ2n) is 11.7. The van der Waals surface area contributed by atoms with Crippen molar-refractivity contribution in [3.8, 4) is 11.5 Å². The largest absolute Gasteiger partial charge is 0.508 e. The van der Waals surface area contributed by atoms with Gasteiger partial charge in [0, 0.05) is 23.0 Å². The number of rotatable bonds is 2. The van der Waals surface area contributed by atoms with Gasteiger partial charge in [0.2, 0.25) is 0 Å². The van der Waals surface area contributed by atoms with Crippen LogP contribution in [0.3, 0.4) is 0 Å². The van der Waals surface area contributed by atoms with Gasteiger partial charge in [0.1, 0.15) is 23.1 Å². The highest BCUT2D eigenvalue weighted by molar-refractivity contribution is 6.02. The van der Waals surface area contributed by atoms with Crippen molar-refractivity contribution >= 4 is 11.9 Å². The normalized spacial score (nSPS) is 37.3. The molecule has 1 aromatic rings. The maximum absolute atomic E-state index is 13.0. The summed E-state index contributed by atoms with van der Waals surface area (Å²) in [7, 11) is 0. The summed E-state index contributed by atoms with van der Waals surface area (Å²) >= 11 is 0. The summed E-state index contributed by atoms with van der Waals surface area (Å²) in [6.07, 6.45) is 3.74. The van der Waals surface area contributed by atoms with E-state index in [0.29, 0.717) is 29.7 Å². The zero-order chi connectivity index (χ0) is 24.1. The first-order valence-electron chi connectivity index (χ1n) is 12.1. The SMILES string of the molecule is C[C@@H]1CC[C@@H]2C(C)(C)[C@H](O)CC[C@]2(C)[C@@]12Cc1c(O)cc3c(c1O2)CN([C@@H](C)C(=O)O)C3=O. The molecule has 4 aliphatic rings. The number of aliphatic carboxylic acids is 1. The van der Waals surface area contributed by atoms with Crippen molar-refractivity contribution < 1.29 is 29.6 Å². The molecule has 6 atom stereocenters. The lowest BCUT2D eigenvalue weighted by molar-refractivity contribution is -0.210. The number of carbonyl (C=O) groups excluding carboxylic acids is 1. The van der Waals surface area contributed by atoms with E-state index in [2.05, 4.69) is 27.7 Å². The third-order valence-corrected chi connectivity index (χ3v) is 9.95. The maximum Gasteiger partial charge on any atom is 0.326 e. The fourth-order valence-corrected chi connectivity index (χ4v) is 7.74. The van der Waals surface area contributed by atoms with Crippen molar-refractivity contribution in [1.29, 1.82) is 0 Å². The molecule has 0 saturated heterocycles. The van der Waals surface area contributed by atoms with Gasteiger partial charge < -0.3 is 25.0 Å². The number of nitrogens with zero attached hydrogens (tertiary/aromatic N) is 1. The first-order chi connectivity index (χ1) is 15.3. The number of aliphatic hydroxyl groups is 1. The van der Waals surface area contributed by atoms with Crippen LogP contribution in [0.25, 0.3) is 0 Å². The number of phenolic OH excluding ortho intramolecular Hbond substituents is 1. The third-order valence-electron chi connectivity index (χ3n) is 9.95. The van der Waals surface area contributed by atoms with Gasteiger partial charge in [-0.15, -0.1) is 0 Å². The van der Waals surface area contributed by atoms with E-state index >= 15 is 0 Å².